The van der Waals surface area contributed by atoms with Crippen LogP contribution >= 0.6 is 0 Å². The van der Waals surface area contributed by atoms with E-state index in [9.17, 15) is 19.2 Å². The first kappa shape index (κ1) is 14.0. The number of carboxylic acids is 1. The lowest BCUT2D eigenvalue weighted by atomic mass is 9.88. The molecule has 0 spiro atoms. The van der Waals surface area contributed by atoms with Gasteiger partial charge in [0.25, 0.3) is 0 Å². The highest BCUT2D eigenvalue weighted by Crippen LogP contribution is 2.32. The molecule has 0 aliphatic carbocycles. The monoisotopic (exact) mass is 283 g/mol. The quantitative estimate of drug-likeness (QED) is 0.681. The largest absolute Gasteiger partial charge is 0.481 e. The van der Waals surface area contributed by atoms with Gasteiger partial charge in [-0.1, -0.05) is 0 Å². The Morgan fingerprint density at radius 1 is 1.45 bits per heavy atom. The minimum atomic E-state index is -1.14. The summed E-state index contributed by atoms with van der Waals surface area (Å²) >= 11 is 0. The molecule has 108 valence electrons. The lowest BCUT2D eigenvalue weighted by Gasteiger charge is -2.36. The van der Waals surface area contributed by atoms with Crippen LogP contribution in [-0.4, -0.2) is 54.1 Å². The number of amides is 1. The van der Waals surface area contributed by atoms with Crippen LogP contribution in [0.5, 0.6) is 0 Å². The lowest BCUT2D eigenvalue weighted by Crippen LogP contribution is -2.49. The summed E-state index contributed by atoms with van der Waals surface area (Å²) in [6.07, 6.45) is -0.545. The zero-order valence-corrected chi connectivity index (χ0v) is 10.7. The molecule has 2 aliphatic heterocycles. The Morgan fingerprint density at radius 3 is 2.75 bits per heavy atom. The Kier molecular flexibility index (Phi) is 3.73. The van der Waals surface area contributed by atoms with Crippen molar-refractivity contribution in [3.8, 4) is 0 Å². The summed E-state index contributed by atoms with van der Waals surface area (Å²) in [5.41, 5.74) is -0.141. The zero-order chi connectivity index (χ0) is 14.9. The Morgan fingerprint density at radius 2 is 2.15 bits per heavy atom. The van der Waals surface area contributed by atoms with E-state index in [1.807, 2.05) is 0 Å². The first-order valence-electron chi connectivity index (χ1n) is 5.97. The number of fused-ring (bicyclic) bond motifs is 1. The lowest BCUT2D eigenvalue weighted by molar-refractivity contribution is -0.156. The maximum Gasteiger partial charge on any atom is 0.355 e. The van der Waals surface area contributed by atoms with Crippen LogP contribution in [0.15, 0.2) is 11.3 Å². The van der Waals surface area contributed by atoms with Crippen LogP contribution in [0.3, 0.4) is 0 Å². The van der Waals surface area contributed by atoms with Crippen molar-refractivity contribution in [2.24, 2.45) is 5.92 Å². The summed E-state index contributed by atoms with van der Waals surface area (Å²) < 4.78 is 9.41. The van der Waals surface area contributed by atoms with Crippen LogP contribution < -0.4 is 0 Å². The fraction of sp³-hybridized carbons (Fsp3) is 0.500. The van der Waals surface area contributed by atoms with E-state index in [1.54, 1.807) is 0 Å². The predicted octanol–water partition coefficient (Wildman–Crippen LogP) is -0.707. The second-order valence-electron chi connectivity index (χ2n) is 4.44. The number of hydrogen-bond donors (Lipinski definition) is 1. The van der Waals surface area contributed by atoms with Gasteiger partial charge in [-0.15, -0.1) is 0 Å². The Balaban J connectivity index is 2.43. The Labute approximate surface area is 113 Å². The van der Waals surface area contributed by atoms with Crippen LogP contribution in [0, 0.1) is 5.92 Å². The van der Waals surface area contributed by atoms with Gasteiger partial charge < -0.3 is 19.5 Å². The highest BCUT2D eigenvalue weighted by molar-refractivity contribution is 6.06. The number of hydrogen-bond acceptors (Lipinski definition) is 6. The second-order valence-corrected chi connectivity index (χ2v) is 4.44. The van der Waals surface area contributed by atoms with Crippen molar-refractivity contribution >= 4 is 23.8 Å². The average Bonchev–Trinajstić information content (AvgIpc) is 2.41. The predicted molar refractivity (Wildman–Crippen MR) is 62.1 cm³/mol. The van der Waals surface area contributed by atoms with Gasteiger partial charge in [0.15, 0.2) is 0 Å². The van der Waals surface area contributed by atoms with Gasteiger partial charge in [0.1, 0.15) is 12.3 Å². The Bertz CT molecular complexity index is 522. The van der Waals surface area contributed by atoms with Crippen LogP contribution in [0.1, 0.15) is 12.8 Å². The molecule has 1 unspecified atom stereocenters. The number of carbonyl (C=O) groups is 4. The summed E-state index contributed by atoms with van der Waals surface area (Å²) in [5.74, 6) is -4.02. The van der Waals surface area contributed by atoms with E-state index in [0.717, 1.165) is 12.0 Å². The first-order valence-corrected chi connectivity index (χ1v) is 5.97. The molecule has 20 heavy (non-hydrogen) atoms. The maximum absolute atomic E-state index is 12.2. The maximum atomic E-state index is 12.2. The molecule has 1 saturated heterocycles. The molecule has 0 aromatic carbocycles. The molecule has 8 heteroatoms. The molecular formula is C12H13NO7. The van der Waals surface area contributed by atoms with Gasteiger partial charge in [-0.05, 0) is 6.42 Å². The fourth-order valence-corrected chi connectivity index (χ4v) is 2.35. The second kappa shape index (κ2) is 5.32. The van der Waals surface area contributed by atoms with Crippen molar-refractivity contribution in [2.45, 2.75) is 12.8 Å². The van der Waals surface area contributed by atoms with Gasteiger partial charge in [0.2, 0.25) is 5.91 Å². The minimum Gasteiger partial charge on any atom is -0.481 e. The van der Waals surface area contributed by atoms with Gasteiger partial charge in [-0.25, -0.2) is 9.59 Å². The van der Waals surface area contributed by atoms with E-state index in [4.69, 9.17) is 9.84 Å². The smallest absolute Gasteiger partial charge is 0.355 e. The van der Waals surface area contributed by atoms with Crippen LogP contribution in [0.25, 0.3) is 0 Å². The van der Waals surface area contributed by atoms with E-state index in [0.29, 0.717) is 0 Å². The standard InChI is InChI=1S/C12H13NO7/c1-19-11(17)7-4-6(5-8(14)15)10(16)13-2-3-20-12(18)9(7)13/h6H,2-5H2,1H3,(H,14,15). The third kappa shape index (κ3) is 2.36. The van der Waals surface area contributed by atoms with E-state index in [1.165, 1.54) is 0 Å². The van der Waals surface area contributed by atoms with Crippen LogP contribution in [0.2, 0.25) is 0 Å². The number of cyclic esters (lactones) is 1. The number of carboxylic acid groups (broad SMARTS) is 1. The van der Waals surface area contributed by atoms with Crippen LogP contribution in [0.4, 0.5) is 0 Å². The third-order valence-electron chi connectivity index (χ3n) is 3.22. The molecule has 1 amide bonds. The number of methoxy groups -OCH3 is 1. The van der Waals surface area contributed by atoms with Gasteiger partial charge >= 0.3 is 17.9 Å². The zero-order valence-electron chi connectivity index (χ0n) is 10.7. The molecule has 2 heterocycles. The topological polar surface area (TPSA) is 110 Å². The number of nitrogens with zero attached hydrogens (tertiary/aromatic N) is 1. The summed E-state index contributed by atoms with van der Waals surface area (Å²) in [6.45, 7) is 0.124. The van der Waals surface area contributed by atoms with Crippen molar-refractivity contribution in [1.82, 2.24) is 4.90 Å². The number of esters is 2. The summed E-state index contributed by atoms with van der Waals surface area (Å²) in [5, 5.41) is 8.82. The van der Waals surface area contributed by atoms with Gasteiger partial charge in [0.05, 0.1) is 31.6 Å². The number of carbonyl (C=O) groups excluding carboxylic acids is 3. The van der Waals surface area contributed by atoms with E-state index in [-0.39, 0.29) is 30.8 Å². The van der Waals surface area contributed by atoms with E-state index in [2.05, 4.69) is 4.74 Å². The molecule has 0 aromatic heterocycles. The van der Waals surface area contributed by atoms with Gasteiger partial charge in [-0.3, -0.25) is 9.59 Å². The molecule has 0 radical (unpaired) electrons. The number of aliphatic carboxylic acids is 1. The number of rotatable bonds is 3. The molecule has 2 rings (SSSR count). The van der Waals surface area contributed by atoms with Crippen molar-refractivity contribution in [2.75, 3.05) is 20.3 Å². The normalized spacial score (nSPS) is 22.2. The molecular weight excluding hydrogens is 270 g/mol. The summed E-state index contributed by atoms with van der Waals surface area (Å²) in [6, 6.07) is 0. The van der Waals surface area contributed by atoms with E-state index >= 15 is 0 Å². The van der Waals surface area contributed by atoms with Gasteiger partial charge in [0, 0.05) is 0 Å². The van der Waals surface area contributed by atoms with Gasteiger partial charge in [-0.2, -0.15) is 0 Å². The number of ether oxygens (including phenoxy) is 2. The number of morpholine rings is 1. The molecule has 0 saturated carbocycles. The molecule has 1 fully saturated rings. The van der Waals surface area contributed by atoms with Crippen molar-refractivity contribution in [3.63, 3.8) is 0 Å². The summed E-state index contributed by atoms with van der Waals surface area (Å²) in [4.78, 5) is 47.5. The highest BCUT2D eigenvalue weighted by Gasteiger charge is 2.43. The first-order chi connectivity index (χ1) is 9.45. The fourth-order valence-electron chi connectivity index (χ4n) is 2.35. The molecule has 1 atom stereocenters. The van der Waals surface area contributed by atoms with Crippen LogP contribution in [-0.2, 0) is 28.7 Å². The van der Waals surface area contributed by atoms with Crippen molar-refractivity contribution in [3.05, 3.63) is 11.3 Å². The average molecular weight is 283 g/mol. The molecule has 0 aromatic rings. The van der Waals surface area contributed by atoms with E-state index < -0.39 is 36.2 Å². The molecule has 8 nitrogen and oxygen atoms in total. The molecule has 0 bridgehead atoms. The summed E-state index contributed by atoms with van der Waals surface area (Å²) in [7, 11) is 1.15. The molecule has 1 N–H and O–H groups in total. The molecule has 2 aliphatic rings. The third-order valence-corrected chi connectivity index (χ3v) is 3.22. The Hall–Kier alpha value is -2.38. The highest BCUT2D eigenvalue weighted by atomic mass is 16.5. The SMILES string of the molecule is COC(=O)C1=C2C(=O)OCCN2C(=O)C(CC(=O)O)C1. The minimum absolute atomic E-state index is 0.0111. The van der Waals surface area contributed by atoms with Crippen molar-refractivity contribution < 1.29 is 33.8 Å². The van der Waals surface area contributed by atoms with Crippen molar-refractivity contribution in [1.29, 1.82) is 0 Å².